The quantitative estimate of drug-likeness (QED) is 0.0616. The number of aromatic hydroxyl groups is 2. The molecule has 0 unspecified atom stereocenters. The summed E-state index contributed by atoms with van der Waals surface area (Å²) in [6.45, 7) is 6.63. The first-order valence-electron chi connectivity index (χ1n) is 33.1. The molecule has 0 amide bonds. The number of phenols is 2. The van der Waals surface area contributed by atoms with Gasteiger partial charge in [0.2, 0.25) is 0 Å². The molecule has 96 heavy (non-hydrogen) atoms. The first-order chi connectivity index (χ1) is 46.3. The Morgan fingerprint density at radius 3 is 0.979 bits per heavy atom. The van der Waals surface area contributed by atoms with E-state index in [0.29, 0.717) is 36.3 Å². The monoisotopic (exact) mass is 1290 g/mol. The molecule has 0 bridgehead atoms. The molecule has 13 rings (SSSR count). The first-order valence-corrected chi connectivity index (χ1v) is 33.1. The predicted molar refractivity (Wildman–Crippen MR) is 376 cm³/mol. The van der Waals surface area contributed by atoms with E-state index in [9.17, 15) is 38.7 Å². The van der Waals surface area contributed by atoms with Gasteiger partial charge in [0.25, 0.3) is 0 Å². The number of phenolic OH excluding ortho intramolecular Hbond substituents is 2. The van der Waals surface area contributed by atoms with Gasteiger partial charge in [0.1, 0.15) is 40.4 Å². The second kappa shape index (κ2) is 29.6. The Hall–Kier alpha value is -9.54. The highest BCUT2D eigenvalue weighted by Gasteiger charge is 2.49. The average molecular weight is 1300 g/mol. The number of aliphatic hydroxyl groups excluding tert-OH is 3. The van der Waals surface area contributed by atoms with Crippen molar-refractivity contribution in [2.75, 3.05) is 0 Å². The van der Waals surface area contributed by atoms with Gasteiger partial charge in [-0.05, 0) is 303 Å². The number of nitrogens with two attached hydrogens (primary N) is 3. The third-order valence-corrected chi connectivity index (χ3v) is 20.8. The van der Waals surface area contributed by atoms with Crippen molar-refractivity contribution < 1.29 is 43.4 Å². The molecule has 0 saturated heterocycles. The number of allylic oxidation sites excluding steroid dienone is 9. The topological polar surface area (TPSA) is 226 Å². The summed E-state index contributed by atoms with van der Waals surface area (Å²) < 4.78 is 45.7. The van der Waals surface area contributed by atoms with Gasteiger partial charge in [0, 0.05) is 0 Å². The molecule has 6 aliphatic carbocycles. The Morgan fingerprint density at radius 1 is 0.406 bits per heavy atom. The van der Waals surface area contributed by atoms with Crippen LogP contribution in [0.15, 0.2) is 261 Å². The smallest absolute Gasteiger partial charge is 0.127 e. The molecule has 6 aliphatic rings. The summed E-state index contributed by atoms with van der Waals surface area (Å²) >= 11 is 0. The SMILES string of the molecule is C[C@]12CC(=CN)C(=Nc3ccc(F)cc3)C=C1CCC[C@@H]2[C@@H](O)c1ccc(O)cc1.C[C@]12CC(=CN)C(=Nc3ccc(F)cc3)C=C1CCC[C@@H]2[C@@H](O)c1ccc(O)cc1.C[C@]12CC(=CN)C(=Nc3ccc(F)cc3)C=C1CCC[C@@H]2[C@@H](O)c1ccc(Oc2ccccc2)cc1. The molecule has 0 aliphatic heterocycles. The number of rotatable bonds is 11. The second-order valence-electron chi connectivity index (χ2n) is 26.8. The van der Waals surface area contributed by atoms with E-state index >= 15 is 0 Å². The molecule has 0 heterocycles. The second-order valence-corrected chi connectivity index (χ2v) is 26.8. The molecule has 15 heteroatoms. The Kier molecular flexibility index (Phi) is 20.9. The van der Waals surface area contributed by atoms with Crippen molar-refractivity contribution in [3.8, 4) is 23.0 Å². The predicted octanol–water partition coefficient (Wildman–Crippen LogP) is 18.0. The van der Waals surface area contributed by atoms with Gasteiger partial charge < -0.3 is 47.5 Å². The fourth-order valence-corrected chi connectivity index (χ4v) is 15.4. The van der Waals surface area contributed by atoms with Gasteiger partial charge in [0.05, 0.1) is 52.5 Å². The number of aliphatic hydroxyl groups is 3. The fraction of sp³-hybridized carbons (Fsp3) is 0.296. The van der Waals surface area contributed by atoms with Crippen LogP contribution in [0.1, 0.15) is 133 Å². The molecule has 7 aromatic carbocycles. The summed E-state index contributed by atoms with van der Waals surface area (Å²) in [6, 6.07) is 49.3. The molecule has 0 radical (unpaired) electrons. The maximum atomic E-state index is 13.3. The Bertz CT molecular complexity index is 4000. The highest BCUT2D eigenvalue weighted by molar-refractivity contribution is 6.12. The highest BCUT2D eigenvalue weighted by atomic mass is 19.1. The van der Waals surface area contributed by atoms with Crippen LogP contribution >= 0.6 is 0 Å². The maximum absolute atomic E-state index is 13.3. The molecule has 496 valence electrons. The summed E-state index contributed by atoms with van der Waals surface area (Å²) in [6.07, 6.45) is 20.0. The van der Waals surface area contributed by atoms with E-state index in [1.165, 1.54) is 53.1 Å². The average Bonchev–Trinajstić information content (AvgIpc) is 0.763. The van der Waals surface area contributed by atoms with E-state index in [2.05, 4.69) is 39.0 Å². The number of hydrogen-bond donors (Lipinski definition) is 8. The van der Waals surface area contributed by atoms with Gasteiger partial charge >= 0.3 is 0 Å². The number of fused-ring (bicyclic) bond motifs is 3. The van der Waals surface area contributed by atoms with Crippen LogP contribution in [0.5, 0.6) is 23.0 Å². The zero-order valence-electron chi connectivity index (χ0n) is 54.5. The first kappa shape index (κ1) is 67.9. The normalized spacial score (nSPS) is 26.5. The van der Waals surface area contributed by atoms with Gasteiger partial charge in [-0.1, -0.05) is 92.1 Å². The van der Waals surface area contributed by atoms with E-state index in [1.807, 2.05) is 54.6 Å². The van der Waals surface area contributed by atoms with Crippen molar-refractivity contribution in [3.63, 3.8) is 0 Å². The molecule has 7 aromatic rings. The van der Waals surface area contributed by atoms with E-state index < -0.39 is 18.3 Å². The maximum Gasteiger partial charge on any atom is 0.127 e. The zero-order chi connectivity index (χ0) is 67.7. The van der Waals surface area contributed by atoms with Gasteiger partial charge in [-0.25, -0.2) is 28.1 Å². The highest BCUT2D eigenvalue weighted by Crippen LogP contribution is 2.58. The Labute approximate surface area is 560 Å². The summed E-state index contributed by atoms with van der Waals surface area (Å²) in [4.78, 5) is 14.2. The third-order valence-electron chi connectivity index (χ3n) is 20.8. The standard InChI is InChI=1S/C31H31FN2O2.2C25H27FN2O2/c1-31-19-22(20-33)29(34-25-14-12-24(32)13-15-25)18-23(31)6-5-9-28(31)30(35)21-10-16-27(17-11-21)36-26-7-3-2-4-8-26;2*1-25-14-17(15-27)23(28-20-9-7-19(26)8-10-20)13-18(25)3-2-4-22(25)24(30)16-5-11-21(29)12-6-16/h2-4,7-8,10-18,20,28,30,35H,5-6,9,19,33H2,1H3;2*5-13,15,22,24,29-30H,2-4,14,27H2,1H3/t28-,30+,31+;2*22-,24+,25+/m111/s1. The number of ether oxygens (including phenoxy) is 1. The van der Waals surface area contributed by atoms with Crippen LogP contribution in [0.4, 0.5) is 30.2 Å². The van der Waals surface area contributed by atoms with Gasteiger partial charge in [-0.2, -0.15) is 0 Å². The van der Waals surface area contributed by atoms with Crippen LogP contribution in [0.25, 0.3) is 0 Å². The summed E-state index contributed by atoms with van der Waals surface area (Å²) in [7, 11) is 0. The van der Waals surface area contributed by atoms with E-state index in [-0.39, 0.29) is 62.9 Å². The van der Waals surface area contributed by atoms with Gasteiger partial charge in [-0.3, -0.25) is 0 Å². The van der Waals surface area contributed by atoms with Crippen LogP contribution in [-0.2, 0) is 0 Å². The molecule has 0 spiro atoms. The third kappa shape index (κ3) is 15.1. The lowest BCUT2D eigenvalue weighted by atomic mass is 9.57. The molecular formula is C81H85F3N6O6. The number of nitrogens with zero attached hydrogens (tertiary/aromatic N) is 3. The summed E-state index contributed by atoms with van der Waals surface area (Å²) in [5.41, 5.74) is 30.9. The van der Waals surface area contributed by atoms with Crippen LogP contribution in [0.3, 0.4) is 0 Å². The van der Waals surface area contributed by atoms with Crippen LogP contribution < -0.4 is 21.9 Å². The Balaban J connectivity index is 0.000000147. The molecular weight excluding hydrogens is 1210 g/mol. The van der Waals surface area contributed by atoms with Crippen molar-refractivity contribution in [2.45, 2.75) is 116 Å². The van der Waals surface area contributed by atoms with E-state index in [1.54, 1.807) is 104 Å². The lowest BCUT2D eigenvalue weighted by molar-refractivity contribution is 0.0215. The molecule has 11 N–H and O–H groups in total. The summed E-state index contributed by atoms with van der Waals surface area (Å²) in [5, 5.41) is 53.1. The van der Waals surface area contributed by atoms with Gasteiger partial charge in [0.15, 0.2) is 0 Å². The van der Waals surface area contributed by atoms with Crippen molar-refractivity contribution in [3.05, 3.63) is 280 Å². The van der Waals surface area contributed by atoms with E-state index in [0.717, 1.165) is 120 Å². The van der Waals surface area contributed by atoms with Crippen molar-refractivity contribution in [1.82, 2.24) is 0 Å². The van der Waals surface area contributed by atoms with Crippen molar-refractivity contribution in [2.24, 2.45) is 66.2 Å². The number of aliphatic imine (C=N–C) groups is 3. The molecule has 3 saturated carbocycles. The van der Waals surface area contributed by atoms with Crippen LogP contribution in [-0.4, -0.2) is 42.7 Å². The van der Waals surface area contributed by atoms with Crippen LogP contribution in [0, 0.1) is 51.5 Å². The van der Waals surface area contributed by atoms with E-state index in [4.69, 9.17) is 36.9 Å². The molecule has 12 nitrogen and oxygen atoms in total. The molecule has 9 atom stereocenters. The molecule has 0 aromatic heterocycles. The number of hydrogen-bond acceptors (Lipinski definition) is 12. The largest absolute Gasteiger partial charge is 0.508 e. The zero-order valence-corrected chi connectivity index (χ0v) is 54.5. The lowest BCUT2D eigenvalue weighted by Crippen LogP contribution is -2.40. The number of halogens is 3. The number of benzene rings is 7. The van der Waals surface area contributed by atoms with Gasteiger partial charge in [-0.15, -0.1) is 0 Å². The fourth-order valence-electron chi connectivity index (χ4n) is 15.4. The minimum atomic E-state index is -0.631. The molecule has 3 fully saturated rings. The lowest BCUT2D eigenvalue weighted by Gasteiger charge is -2.48. The minimum absolute atomic E-state index is 0.0318. The number of para-hydroxylation sites is 1. The van der Waals surface area contributed by atoms with Crippen molar-refractivity contribution in [1.29, 1.82) is 0 Å². The Morgan fingerprint density at radius 2 is 0.688 bits per heavy atom. The summed E-state index contributed by atoms with van der Waals surface area (Å²) in [5.74, 6) is 1.13. The van der Waals surface area contributed by atoms with Crippen LogP contribution in [0.2, 0.25) is 0 Å². The minimum Gasteiger partial charge on any atom is -0.508 e. The van der Waals surface area contributed by atoms with Crippen molar-refractivity contribution >= 4 is 34.2 Å².